The maximum atomic E-state index is 11.9. The molecule has 5 heteroatoms. The van der Waals surface area contributed by atoms with Crippen LogP contribution in [0.1, 0.15) is 32.3 Å². The number of carbonyl (C=O) groups is 2. The second-order valence-corrected chi connectivity index (χ2v) is 4.79. The van der Waals surface area contributed by atoms with Gasteiger partial charge in [-0.1, -0.05) is 18.2 Å². The lowest BCUT2D eigenvalue weighted by atomic mass is 10.1. The SMILES string of the molecule is CCOc1ccccc1CCC(=O)NC(C)CC(=O)OC. The van der Waals surface area contributed by atoms with Crippen LogP contribution in [0.15, 0.2) is 24.3 Å². The first-order valence-electron chi connectivity index (χ1n) is 7.13. The van der Waals surface area contributed by atoms with Crippen LogP contribution in [0.25, 0.3) is 0 Å². The largest absolute Gasteiger partial charge is 0.494 e. The van der Waals surface area contributed by atoms with Crippen molar-refractivity contribution in [2.75, 3.05) is 13.7 Å². The highest BCUT2D eigenvalue weighted by Crippen LogP contribution is 2.19. The summed E-state index contributed by atoms with van der Waals surface area (Å²) in [6, 6.07) is 7.46. The normalized spacial score (nSPS) is 11.6. The summed E-state index contributed by atoms with van der Waals surface area (Å²) in [4.78, 5) is 23.0. The minimum atomic E-state index is -0.329. The van der Waals surface area contributed by atoms with Crippen molar-refractivity contribution >= 4 is 11.9 Å². The molecule has 0 saturated carbocycles. The van der Waals surface area contributed by atoms with E-state index < -0.39 is 0 Å². The van der Waals surface area contributed by atoms with Crippen molar-refractivity contribution in [1.82, 2.24) is 5.32 Å². The summed E-state index contributed by atoms with van der Waals surface area (Å²) in [5.41, 5.74) is 1.01. The first kappa shape index (κ1) is 17.0. The number of methoxy groups -OCH3 is 1. The quantitative estimate of drug-likeness (QED) is 0.745. The zero-order valence-corrected chi connectivity index (χ0v) is 12.8. The molecule has 1 atom stereocenters. The van der Waals surface area contributed by atoms with E-state index in [0.717, 1.165) is 11.3 Å². The van der Waals surface area contributed by atoms with Crippen molar-refractivity contribution in [3.8, 4) is 5.75 Å². The molecule has 1 aromatic carbocycles. The second-order valence-electron chi connectivity index (χ2n) is 4.79. The maximum Gasteiger partial charge on any atom is 0.307 e. The topological polar surface area (TPSA) is 64.6 Å². The number of esters is 1. The van der Waals surface area contributed by atoms with Gasteiger partial charge < -0.3 is 14.8 Å². The molecule has 0 fully saturated rings. The van der Waals surface area contributed by atoms with Gasteiger partial charge in [-0.25, -0.2) is 0 Å². The van der Waals surface area contributed by atoms with E-state index in [9.17, 15) is 9.59 Å². The third kappa shape index (κ3) is 6.29. The van der Waals surface area contributed by atoms with Gasteiger partial charge in [-0.15, -0.1) is 0 Å². The van der Waals surface area contributed by atoms with Crippen molar-refractivity contribution in [3.63, 3.8) is 0 Å². The lowest BCUT2D eigenvalue weighted by Gasteiger charge is -2.13. The summed E-state index contributed by atoms with van der Waals surface area (Å²) in [6.45, 7) is 4.31. The van der Waals surface area contributed by atoms with Gasteiger partial charge in [0.15, 0.2) is 0 Å². The van der Waals surface area contributed by atoms with Gasteiger partial charge in [-0.3, -0.25) is 9.59 Å². The summed E-state index contributed by atoms with van der Waals surface area (Å²) in [6.07, 6.45) is 1.14. The number of hydrogen-bond acceptors (Lipinski definition) is 4. The number of benzene rings is 1. The molecule has 0 spiro atoms. The Morgan fingerprint density at radius 2 is 2.00 bits per heavy atom. The van der Waals surface area contributed by atoms with Crippen LogP contribution in [-0.2, 0) is 20.7 Å². The monoisotopic (exact) mass is 293 g/mol. The maximum absolute atomic E-state index is 11.9. The number of amides is 1. The smallest absolute Gasteiger partial charge is 0.307 e. The molecule has 0 aliphatic heterocycles. The number of para-hydroxylation sites is 1. The molecule has 1 rings (SSSR count). The molecule has 116 valence electrons. The minimum absolute atomic E-state index is 0.0855. The van der Waals surface area contributed by atoms with E-state index in [-0.39, 0.29) is 24.3 Å². The van der Waals surface area contributed by atoms with Crippen molar-refractivity contribution in [2.24, 2.45) is 0 Å². The molecule has 21 heavy (non-hydrogen) atoms. The molecule has 0 aromatic heterocycles. The number of carbonyl (C=O) groups excluding carboxylic acids is 2. The molecular weight excluding hydrogens is 270 g/mol. The molecule has 0 saturated heterocycles. The standard InChI is InChI=1S/C16H23NO4/c1-4-21-14-8-6-5-7-13(14)9-10-15(18)17-12(2)11-16(19)20-3/h5-8,12H,4,9-11H2,1-3H3,(H,17,18). The van der Waals surface area contributed by atoms with Crippen molar-refractivity contribution in [1.29, 1.82) is 0 Å². The predicted octanol–water partition coefficient (Wildman–Crippen LogP) is 2.09. The van der Waals surface area contributed by atoms with Gasteiger partial charge in [0.2, 0.25) is 5.91 Å². The van der Waals surface area contributed by atoms with Gasteiger partial charge in [0.05, 0.1) is 20.1 Å². The first-order chi connectivity index (χ1) is 10.1. The predicted molar refractivity (Wildman–Crippen MR) is 80.2 cm³/mol. The fourth-order valence-corrected chi connectivity index (χ4v) is 1.99. The van der Waals surface area contributed by atoms with Gasteiger partial charge in [0.25, 0.3) is 0 Å². The van der Waals surface area contributed by atoms with Gasteiger partial charge in [0.1, 0.15) is 5.75 Å². The number of rotatable bonds is 8. The highest BCUT2D eigenvalue weighted by Gasteiger charge is 2.12. The van der Waals surface area contributed by atoms with E-state index >= 15 is 0 Å². The van der Waals surface area contributed by atoms with E-state index in [1.807, 2.05) is 31.2 Å². The van der Waals surface area contributed by atoms with Crippen molar-refractivity contribution in [3.05, 3.63) is 29.8 Å². The fourth-order valence-electron chi connectivity index (χ4n) is 1.99. The van der Waals surface area contributed by atoms with E-state index in [2.05, 4.69) is 10.1 Å². The number of hydrogen-bond donors (Lipinski definition) is 1. The molecule has 0 radical (unpaired) electrons. The van der Waals surface area contributed by atoms with Gasteiger partial charge >= 0.3 is 5.97 Å². The Labute approximate surface area is 125 Å². The van der Waals surface area contributed by atoms with E-state index in [1.54, 1.807) is 6.92 Å². The number of aryl methyl sites for hydroxylation is 1. The molecule has 1 N–H and O–H groups in total. The van der Waals surface area contributed by atoms with Gasteiger partial charge in [0, 0.05) is 12.5 Å². The Bertz CT molecular complexity index is 473. The van der Waals surface area contributed by atoms with Gasteiger partial charge in [-0.2, -0.15) is 0 Å². The average Bonchev–Trinajstić information content (AvgIpc) is 2.46. The molecule has 0 aliphatic carbocycles. The van der Waals surface area contributed by atoms with Crippen molar-refractivity contribution in [2.45, 2.75) is 39.2 Å². The first-order valence-corrected chi connectivity index (χ1v) is 7.13. The Morgan fingerprint density at radius 1 is 1.29 bits per heavy atom. The van der Waals surface area contributed by atoms with Crippen LogP contribution in [0.5, 0.6) is 5.75 Å². The van der Waals surface area contributed by atoms with Crippen LogP contribution in [0.2, 0.25) is 0 Å². The summed E-state index contributed by atoms with van der Waals surface area (Å²) in [7, 11) is 1.33. The van der Waals surface area contributed by atoms with Crippen LogP contribution in [0, 0.1) is 0 Å². The molecule has 0 aliphatic rings. The lowest BCUT2D eigenvalue weighted by Crippen LogP contribution is -2.34. The zero-order valence-electron chi connectivity index (χ0n) is 12.8. The van der Waals surface area contributed by atoms with E-state index in [4.69, 9.17) is 4.74 Å². The Kier molecular flexibility index (Phi) is 7.29. The molecule has 1 aromatic rings. The Balaban J connectivity index is 2.44. The van der Waals surface area contributed by atoms with Gasteiger partial charge in [-0.05, 0) is 31.9 Å². The highest BCUT2D eigenvalue weighted by atomic mass is 16.5. The Hall–Kier alpha value is -2.04. The van der Waals surface area contributed by atoms with Crippen LogP contribution < -0.4 is 10.1 Å². The summed E-state index contributed by atoms with van der Waals surface area (Å²) in [5, 5.41) is 2.79. The van der Waals surface area contributed by atoms with Crippen molar-refractivity contribution < 1.29 is 19.1 Å². The second kappa shape index (κ2) is 9.00. The third-order valence-corrected chi connectivity index (χ3v) is 3.00. The van der Waals surface area contributed by atoms with Crippen LogP contribution in [0.4, 0.5) is 0 Å². The zero-order chi connectivity index (χ0) is 15.7. The third-order valence-electron chi connectivity index (χ3n) is 3.00. The molecule has 1 amide bonds. The van der Waals surface area contributed by atoms with Crippen LogP contribution in [0.3, 0.4) is 0 Å². The molecule has 0 bridgehead atoms. The summed E-state index contributed by atoms with van der Waals surface area (Å²) < 4.78 is 10.1. The fraction of sp³-hybridized carbons (Fsp3) is 0.500. The molecule has 1 unspecified atom stereocenters. The highest BCUT2D eigenvalue weighted by molar-refractivity contribution is 5.78. The lowest BCUT2D eigenvalue weighted by molar-refractivity contribution is -0.141. The summed E-state index contributed by atoms with van der Waals surface area (Å²) >= 11 is 0. The molecule has 0 heterocycles. The molecule has 5 nitrogen and oxygen atoms in total. The van der Waals surface area contributed by atoms with Crippen LogP contribution in [-0.4, -0.2) is 31.6 Å². The number of nitrogens with one attached hydrogen (secondary N) is 1. The van der Waals surface area contributed by atoms with E-state index in [0.29, 0.717) is 19.4 Å². The summed E-state index contributed by atoms with van der Waals surface area (Å²) in [5.74, 6) is 0.401. The minimum Gasteiger partial charge on any atom is -0.494 e. The van der Waals surface area contributed by atoms with Crippen LogP contribution >= 0.6 is 0 Å². The van der Waals surface area contributed by atoms with E-state index in [1.165, 1.54) is 7.11 Å². The Morgan fingerprint density at radius 3 is 2.67 bits per heavy atom. The average molecular weight is 293 g/mol. The molecular formula is C16H23NO4. The number of ether oxygens (including phenoxy) is 2.